The predicted molar refractivity (Wildman–Crippen MR) is 55.7 cm³/mol. The van der Waals surface area contributed by atoms with E-state index in [1.165, 1.54) is 0 Å². The van der Waals surface area contributed by atoms with Crippen molar-refractivity contribution in [3.8, 4) is 11.4 Å². The molecule has 0 saturated heterocycles. The van der Waals surface area contributed by atoms with E-state index in [4.69, 9.17) is 0 Å². The summed E-state index contributed by atoms with van der Waals surface area (Å²) in [6.45, 7) is 2.00. The van der Waals surface area contributed by atoms with E-state index in [1.807, 2.05) is 6.92 Å². The molecule has 1 aromatic carbocycles. The van der Waals surface area contributed by atoms with Crippen molar-refractivity contribution >= 4 is 0 Å². The number of rotatable bonds is 3. The van der Waals surface area contributed by atoms with E-state index >= 15 is 0 Å². The molecule has 1 N–H and O–H groups in total. The molecule has 16 heavy (non-hydrogen) atoms. The summed E-state index contributed by atoms with van der Waals surface area (Å²) in [5.41, 5.74) is 0.0820. The summed E-state index contributed by atoms with van der Waals surface area (Å²) in [5, 5.41) is 6.57. The molecule has 0 unspecified atom stereocenters. The quantitative estimate of drug-likeness (QED) is 0.869. The second-order valence-corrected chi connectivity index (χ2v) is 3.48. The van der Waals surface area contributed by atoms with E-state index in [2.05, 4.69) is 15.2 Å². The number of H-pyrrole nitrogens is 1. The average molecular weight is 223 g/mol. The first kappa shape index (κ1) is 10.7. The second-order valence-electron chi connectivity index (χ2n) is 3.48. The van der Waals surface area contributed by atoms with Crippen LogP contribution in [0.3, 0.4) is 0 Å². The number of aromatic nitrogens is 3. The molecular formula is C11H11F2N3. The lowest BCUT2D eigenvalue weighted by Crippen LogP contribution is -1.89. The molecule has 5 heteroatoms. The predicted octanol–water partition coefficient (Wildman–Crippen LogP) is 2.70. The monoisotopic (exact) mass is 223 g/mol. The zero-order valence-corrected chi connectivity index (χ0v) is 8.80. The highest BCUT2D eigenvalue weighted by Gasteiger charge is 2.11. The number of nitrogens with one attached hydrogen (secondary N) is 1. The summed E-state index contributed by atoms with van der Waals surface area (Å²) in [6.07, 6.45) is 1.66. The minimum Gasteiger partial charge on any atom is -0.263 e. The highest BCUT2D eigenvalue weighted by molar-refractivity contribution is 5.55. The summed E-state index contributed by atoms with van der Waals surface area (Å²) in [7, 11) is 0. The molecule has 0 spiro atoms. The Kier molecular flexibility index (Phi) is 2.94. The fourth-order valence-corrected chi connectivity index (χ4v) is 1.43. The van der Waals surface area contributed by atoms with Gasteiger partial charge in [0, 0.05) is 6.42 Å². The van der Waals surface area contributed by atoms with E-state index in [0.29, 0.717) is 5.82 Å². The fraction of sp³-hybridized carbons (Fsp3) is 0.273. The zero-order valence-electron chi connectivity index (χ0n) is 8.80. The molecule has 0 bridgehead atoms. The standard InChI is InChI=1S/C11H11F2N3/c1-2-3-10-14-11(16-15-10)8-6-7(12)4-5-9(8)13/h4-6H,2-3H2,1H3,(H,14,15,16). The maximum Gasteiger partial charge on any atom is 0.184 e. The van der Waals surface area contributed by atoms with Gasteiger partial charge in [0.25, 0.3) is 0 Å². The highest BCUT2D eigenvalue weighted by Crippen LogP contribution is 2.20. The first-order valence-electron chi connectivity index (χ1n) is 5.07. The molecule has 0 fully saturated rings. The third-order valence-electron chi connectivity index (χ3n) is 2.19. The summed E-state index contributed by atoms with van der Waals surface area (Å²) in [5.74, 6) is -0.150. The van der Waals surface area contributed by atoms with Crippen LogP contribution in [0.25, 0.3) is 11.4 Å². The van der Waals surface area contributed by atoms with Gasteiger partial charge in [-0.25, -0.2) is 13.8 Å². The largest absolute Gasteiger partial charge is 0.263 e. The number of hydrogen-bond donors (Lipinski definition) is 1. The van der Waals surface area contributed by atoms with Crippen LogP contribution in [0.15, 0.2) is 18.2 Å². The van der Waals surface area contributed by atoms with Gasteiger partial charge in [-0.1, -0.05) is 6.92 Å². The molecule has 1 aromatic heterocycles. The Morgan fingerprint density at radius 1 is 1.31 bits per heavy atom. The SMILES string of the molecule is CCCc1nc(-c2cc(F)ccc2F)n[nH]1. The van der Waals surface area contributed by atoms with E-state index in [9.17, 15) is 8.78 Å². The molecule has 0 saturated carbocycles. The van der Waals surface area contributed by atoms with Gasteiger partial charge in [0.15, 0.2) is 5.82 Å². The molecule has 3 nitrogen and oxygen atoms in total. The number of hydrogen-bond acceptors (Lipinski definition) is 2. The van der Waals surface area contributed by atoms with Gasteiger partial charge in [0.2, 0.25) is 0 Å². The van der Waals surface area contributed by atoms with Crippen molar-refractivity contribution in [2.45, 2.75) is 19.8 Å². The Labute approximate surface area is 91.5 Å². The molecule has 84 valence electrons. The number of nitrogens with zero attached hydrogens (tertiary/aromatic N) is 2. The minimum absolute atomic E-state index is 0.0820. The lowest BCUT2D eigenvalue weighted by Gasteiger charge is -1.97. The second kappa shape index (κ2) is 4.38. The maximum atomic E-state index is 13.4. The van der Waals surface area contributed by atoms with Crippen LogP contribution in [0, 0.1) is 11.6 Å². The zero-order chi connectivity index (χ0) is 11.5. The first-order chi connectivity index (χ1) is 7.70. The van der Waals surface area contributed by atoms with E-state index in [-0.39, 0.29) is 11.4 Å². The Morgan fingerprint density at radius 2 is 2.12 bits per heavy atom. The molecule has 1 heterocycles. The Hall–Kier alpha value is -1.78. The van der Waals surface area contributed by atoms with Crippen LogP contribution in [-0.4, -0.2) is 15.2 Å². The summed E-state index contributed by atoms with van der Waals surface area (Å²) in [4.78, 5) is 4.10. The van der Waals surface area contributed by atoms with Crippen LogP contribution >= 0.6 is 0 Å². The van der Waals surface area contributed by atoms with Crippen LogP contribution in [0.2, 0.25) is 0 Å². The van der Waals surface area contributed by atoms with Crippen molar-refractivity contribution in [1.29, 1.82) is 0 Å². The van der Waals surface area contributed by atoms with Gasteiger partial charge in [-0.05, 0) is 24.6 Å². The Balaban J connectivity index is 2.38. The van der Waals surface area contributed by atoms with Gasteiger partial charge in [0.05, 0.1) is 5.56 Å². The lowest BCUT2D eigenvalue weighted by atomic mass is 10.2. The van der Waals surface area contributed by atoms with Crippen molar-refractivity contribution < 1.29 is 8.78 Å². The highest BCUT2D eigenvalue weighted by atomic mass is 19.1. The summed E-state index contributed by atoms with van der Waals surface area (Å²) < 4.78 is 26.3. The van der Waals surface area contributed by atoms with Gasteiger partial charge < -0.3 is 0 Å². The van der Waals surface area contributed by atoms with E-state index in [1.54, 1.807) is 0 Å². The third-order valence-corrected chi connectivity index (χ3v) is 2.19. The normalized spacial score (nSPS) is 10.7. The topological polar surface area (TPSA) is 41.6 Å². The van der Waals surface area contributed by atoms with Crippen molar-refractivity contribution in [3.63, 3.8) is 0 Å². The van der Waals surface area contributed by atoms with Crippen LogP contribution in [0.1, 0.15) is 19.2 Å². The number of halogens is 2. The Bertz CT molecular complexity index is 494. The lowest BCUT2D eigenvalue weighted by molar-refractivity contribution is 0.602. The fourth-order valence-electron chi connectivity index (χ4n) is 1.43. The van der Waals surface area contributed by atoms with Crippen LogP contribution in [0.4, 0.5) is 8.78 Å². The Morgan fingerprint density at radius 3 is 2.88 bits per heavy atom. The number of aryl methyl sites for hydroxylation is 1. The molecule has 0 radical (unpaired) electrons. The summed E-state index contributed by atoms with van der Waals surface area (Å²) >= 11 is 0. The van der Waals surface area contributed by atoms with Gasteiger partial charge in [-0.2, -0.15) is 5.10 Å². The summed E-state index contributed by atoms with van der Waals surface area (Å²) in [6, 6.07) is 3.23. The van der Waals surface area contributed by atoms with Crippen molar-refractivity contribution in [2.75, 3.05) is 0 Å². The van der Waals surface area contributed by atoms with Gasteiger partial charge in [0.1, 0.15) is 17.5 Å². The first-order valence-corrected chi connectivity index (χ1v) is 5.07. The number of benzene rings is 1. The maximum absolute atomic E-state index is 13.4. The molecule has 0 aliphatic rings. The van der Waals surface area contributed by atoms with Gasteiger partial charge in [-0.3, -0.25) is 5.10 Å². The minimum atomic E-state index is -0.525. The van der Waals surface area contributed by atoms with Crippen LogP contribution in [-0.2, 0) is 6.42 Å². The number of aromatic amines is 1. The van der Waals surface area contributed by atoms with Crippen LogP contribution in [0.5, 0.6) is 0 Å². The molecule has 2 rings (SSSR count). The molecule has 0 aliphatic carbocycles. The van der Waals surface area contributed by atoms with Gasteiger partial charge in [-0.15, -0.1) is 0 Å². The molecular weight excluding hydrogens is 212 g/mol. The van der Waals surface area contributed by atoms with Gasteiger partial charge >= 0.3 is 0 Å². The van der Waals surface area contributed by atoms with Crippen molar-refractivity contribution in [1.82, 2.24) is 15.2 Å². The molecule has 0 amide bonds. The molecule has 2 aromatic rings. The van der Waals surface area contributed by atoms with E-state index in [0.717, 1.165) is 31.0 Å². The third kappa shape index (κ3) is 2.08. The van der Waals surface area contributed by atoms with Crippen LogP contribution < -0.4 is 0 Å². The van der Waals surface area contributed by atoms with Crippen molar-refractivity contribution in [2.24, 2.45) is 0 Å². The van der Waals surface area contributed by atoms with Crippen molar-refractivity contribution in [3.05, 3.63) is 35.7 Å². The molecule has 0 atom stereocenters. The van der Waals surface area contributed by atoms with E-state index < -0.39 is 11.6 Å². The molecule has 0 aliphatic heterocycles. The average Bonchev–Trinajstić information content (AvgIpc) is 2.71. The smallest absolute Gasteiger partial charge is 0.184 e.